The molecule has 6 nitrogen and oxygen atoms in total. The monoisotopic (exact) mass is 388 g/mol. The lowest BCUT2D eigenvalue weighted by Crippen LogP contribution is -2.29. The summed E-state index contributed by atoms with van der Waals surface area (Å²) in [7, 11) is 0. The van der Waals surface area contributed by atoms with Gasteiger partial charge in [-0.15, -0.1) is 0 Å². The normalized spacial score (nSPS) is 11.4. The highest BCUT2D eigenvalue weighted by Gasteiger charge is 2.19. The third-order valence-electron chi connectivity index (χ3n) is 3.71. The SMILES string of the molecule is CC(=O)N[C@H](CC(=O)OCC(=O)Nc1ccc(C)cc1Cl)c1ccccc1. The number of esters is 1. The first-order valence-corrected chi connectivity index (χ1v) is 8.76. The van der Waals surface area contributed by atoms with Crippen LogP contribution in [0.4, 0.5) is 5.69 Å². The fourth-order valence-electron chi connectivity index (χ4n) is 2.46. The van der Waals surface area contributed by atoms with Crippen LogP contribution in [0, 0.1) is 6.92 Å². The zero-order valence-corrected chi connectivity index (χ0v) is 15.9. The van der Waals surface area contributed by atoms with Crippen molar-refractivity contribution in [2.75, 3.05) is 11.9 Å². The summed E-state index contributed by atoms with van der Waals surface area (Å²) in [6, 6.07) is 13.8. The number of amides is 2. The van der Waals surface area contributed by atoms with Gasteiger partial charge in [-0.05, 0) is 30.2 Å². The lowest BCUT2D eigenvalue weighted by molar-refractivity contribution is -0.148. The number of rotatable bonds is 7. The van der Waals surface area contributed by atoms with Crippen molar-refractivity contribution in [2.24, 2.45) is 0 Å². The molecule has 2 rings (SSSR count). The second kappa shape index (κ2) is 9.73. The maximum Gasteiger partial charge on any atom is 0.308 e. The van der Waals surface area contributed by atoms with Gasteiger partial charge in [-0.25, -0.2) is 0 Å². The molecule has 0 saturated heterocycles. The summed E-state index contributed by atoms with van der Waals surface area (Å²) in [6.45, 7) is 2.82. The summed E-state index contributed by atoms with van der Waals surface area (Å²) in [5.41, 5.74) is 2.19. The Bertz CT molecular complexity index is 824. The highest BCUT2D eigenvalue weighted by molar-refractivity contribution is 6.33. The first kappa shape index (κ1) is 20.5. The molecular formula is C20H21ClN2O4. The second-order valence-corrected chi connectivity index (χ2v) is 6.47. The Morgan fingerprint density at radius 2 is 1.81 bits per heavy atom. The maximum absolute atomic E-state index is 12.1. The molecule has 0 spiro atoms. The van der Waals surface area contributed by atoms with Gasteiger partial charge in [0, 0.05) is 6.92 Å². The Balaban J connectivity index is 1.89. The van der Waals surface area contributed by atoms with Crippen LogP contribution in [-0.4, -0.2) is 24.4 Å². The Kier molecular flexibility index (Phi) is 7.37. The maximum atomic E-state index is 12.1. The number of hydrogen-bond donors (Lipinski definition) is 2. The number of nitrogens with one attached hydrogen (secondary N) is 2. The average molecular weight is 389 g/mol. The van der Waals surface area contributed by atoms with Crippen LogP contribution in [0.25, 0.3) is 0 Å². The topological polar surface area (TPSA) is 84.5 Å². The Labute approximate surface area is 162 Å². The molecule has 2 amide bonds. The van der Waals surface area contributed by atoms with E-state index in [0.29, 0.717) is 10.7 Å². The third-order valence-corrected chi connectivity index (χ3v) is 4.03. The Morgan fingerprint density at radius 3 is 2.44 bits per heavy atom. The molecule has 0 aromatic heterocycles. The quantitative estimate of drug-likeness (QED) is 0.712. The fourth-order valence-corrected chi connectivity index (χ4v) is 2.74. The fraction of sp³-hybridized carbons (Fsp3) is 0.250. The number of anilines is 1. The molecular weight excluding hydrogens is 368 g/mol. The summed E-state index contributed by atoms with van der Waals surface area (Å²) in [4.78, 5) is 35.5. The summed E-state index contributed by atoms with van der Waals surface area (Å²) >= 11 is 6.06. The minimum Gasteiger partial charge on any atom is -0.455 e. The molecule has 0 aliphatic carbocycles. The van der Waals surface area contributed by atoms with Crippen LogP contribution in [0.15, 0.2) is 48.5 Å². The highest BCUT2D eigenvalue weighted by Crippen LogP contribution is 2.22. The minimum atomic E-state index is -0.595. The molecule has 2 aromatic rings. The molecule has 0 heterocycles. The van der Waals surface area contributed by atoms with E-state index in [4.69, 9.17) is 16.3 Å². The molecule has 2 aromatic carbocycles. The van der Waals surface area contributed by atoms with Crippen LogP contribution >= 0.6 is 11.6 Å². The average Bonchev–Trinajstić information content (AvgIpc) is 2.62. The van der Waals surface area contributed by atoms with Crippen molar-refractivity contribution in [3.8, 4) is 0 Å². The summed E-state index contributed by atoms with van der Waals surface area (Å²) < 4.78 is 5.03. The molecule has 27 heavy (non-hydrogen) atoms. The van der Waals surface area contributed by atoms with Crippen molar-refractivity contribution >= 4 is 35.1 Å². The van der Waals surface area contributed by atoms with E-state index in [1.165, 1.54) is 6.92 Å². The molecule has 0 radical (unpaired) electrons. The predicted molar refractivity (Wildman–Crippen MR) is 103 cm³/mol. The molecule has 0 aliphatic heterocycles. The largest absolute Gasteiger partial charge is 0.455 e. The molecule has 142 valence electrons. The van der Waals surface area contributed by atoms with Crippen molar-refractivity contribution in [1.82, 2.24) is 5.32 Å². The van der Waals surface area contributed by atoms with E-state index in [2.05, 4.69) is 10.6 Å². The van der Waals surface area contributed by atoms with E-state index in [-0.39, 0.29) is 12.3 Å². The number of ether oxygens (including phenoxy) is 1. The van der Waals surface area contributed by atoms with Gasteiger partial charge in [0.15, 0.2) is 6.61 Å². The van der Waals surface area contributed by atoms with Gasteiger partial charge >= 0.3 is 5.97 Å². The van der Waals surface area contributed by atoms with Gasteiger partial charge in [0.2, 0.25) is 5.91 Å². The summed E-state index contributed by atoms with van der Waals surface area (Å²) in [5.74, 6) is -1.35. The van der Waals surface area contributed by atoms with E-state index in [1.807, 2.05) is 31.2 Å². The van der Waals surface area contributed by atoms with E-state index >= 15 is 0 Å². The van der Waals surface area contributed by atoms with Crippen molar-refractivity contribution in [3.63, 3.8) is 0 Å². The lowest BCUT2D eigenvalue weighted by atomic mass is 10.0. The van der Waals surface area contributed by atoms with Crippen molar-refractivity contribution in [3.05, 3.63) is 64.7 Å². The summed E-state index contributed by atoms with van der Waals surface area (Å²) in [5, 5.41) is 5.71. The third kappa shape index (κ3) is 6.75. The molecule has 1 atom stereocenters. The van der Waals surface area contributed by atoms with Gasteiger partial charge < -0.3 is 15.4 Å². The Hall–Kier alpha value is -2.86. The summed E-state index contributed by atoms with van der Waals surface area (Å²) in [6.07, 6.45) is -0.0812. The second-order valence-electron chi connectivity index (χ2n) is 6.06. The van der Waals surface area contributed by atoms with Crippen LogP contribution < -0.4 is 10.6 Å². The number of aryl methyl sites for hydroxylation is 1. The van der Waals surface area contributed by atoms with Gasteiger partial charge in [0.05, 0.1) is 23.2 Å². The molecule has 0 fully saturated rings. The van der Waals surface area contributed by atoms with Crippen LogP contribution in [0.5, 0.6) is 0 Å². The first-order valence-electron chi connectivity index (χ1n) is 8.39. The van der Waals surface area contributed by atoms with Crippen LogP contribution in [0.2, 0.25) is 5.02 Å². The minimum absolute atomic E-state index is 0.0812. The van der Waals surface area contributed by atoms with Crippen molar-refractivity contribution in [2.45, 2.75) is 26.3 Å². The molecule has 0 saturated carbocycles. The molecule has 2 N–H and O–H groups in total. The standard InChI is InChI=1S/C20H21ClN2O4/c1-13-8-9-17(16(21)10-13)23-19(25)12-27-20(26)11-18(22-14(2)24)15-6-4-3-5-7-15/h3-10,18H,11-12H2,1-2H3,(H,22,24)(H,23,25)/t18-/m1/s1. The van der Waals surface area contributed by atoms with Gasteiger partial charge in [-0.2, -0.15) is 0 Å². The van der Waals surface area contributed by atoms with Crippen molar-refractivity contribution < 1.29 is 19.1 Å². The smallest absolute Gasteiger partial charge is 0.308 e. The highest BCUT2D eigenvalue weighted by atomic mass is 35.5. The first-order chi connectivity index (χ1) is 12.8. The molecule has 0 unspecified atom stereocenters. The van der Waals surface area contributed by atoms with Crippen LogP contribution in [-0.2, 0) is 19.1 Å². The zero-order valence-electron chi connectivity index (χ0n) is 15.1. The Morgan fingerprint density at radius 1 is 1.11 bits per heavy atom. The van der Waals surface area contributed by atoms with Gasteiger partial charge in [-0.3, -0.25) is 14.4 Å². The van der Waals surface area contributed by atoms with Gasteiger partial charge in [0.1, 0.15) is 0 Å². The van der Waals surface area contributed by atoms with E-state index in [0.717, 1.165) is 11.1 Å². The van der Waals surface area contributed by atoms with Crippen LogP contribution in [0.1, 0.15) is 30.5 Å². The lowest BCUT2D eigenvalue weighted by Gasteiger charge is -2.17. The molecule has 0 bridgehead atoms. The van der Waals surface area contributed by atoms with Gasteiger partial charge in [-0.1, -0.05) is 48.0 Å². The molecule has 7 heteroatoms. The van der Waals surface area contributed by atoms with E-state index in [1.54, 1.807) is 24.3 Å². The van der Waals surface area contributed by atoms with E-state index < -0.39 is 24.5 Å². The van der Waals surface area contributed by atoms with Crippen molar-refractivity contribution in [1.29, 1.82) is 0 Å². The van der Waals surface area contributed by atoms with Gasteiger partial charge in [0.25, 0.3) is 5.91 Å². The number of hydrogen-bond acceptors (Lipinski definition) is 4. The number of carbonyl (C=O) groups excluding carboxylic acids is 3. The van der Waals surface area contributed by atoms with E-state index in [9.17, 15) is 14.4 Å². The predicted octanol–water partition coefficient (Wildman–Crippen LogP) is 3.40. The van der Waals surface area contributed by atoms with Crippen LogP contribution in [0.3, 0.4) is 0 Å². The zero-order chi connectivity index (χ0) is 19.8. The number of benzene rings is 2. The number of halogens is 1. The number of carbonyl (C=O) groups is 3. The molecule has 0 aliphatic rings.